The summed E-state index contributed by atoms with van der Waals surface area (Å²) in [4.78, 5) is 0. The van der Waals surface area contributed by atoms with Crippen LogP contribution in [-0.4, -0.2) is 33.9 Å². The van der Waals surface area contributed by atoms with Crippen molar-refractivity contribution in [2.45, 2.75) is 31.1 Å². The third-order valence-electron chi connectivity index (χ3n) is 3.68. The van der Waals surface area contributed by atoms with Crippen LogP contribution in [0.5, 0.6) is 5.75 Å². The number of hydrogen-bond donors (Lipinski definition) is 2. The Labute approximate surface area is 120 Å². The molecule has 1 aromatic rings. The van der Waals surface area contributed by atoms with Gasteiger partial charge in [0.2, 0.25) is 10.0 Å². The standard InChI is InChI=1S/C14H22N2O3S/c1-11(12-3-5-13(19-2)6-4-12)16-20(17,18)14-7-9-15-10-8-14/h3-6,11,14-16H,7-10H2,1-2H3. The van der Waals surface area contributed by atoms with E-state index in [4.69, 9.17) is 4.74 Å². The highest BCUT2D eigenvalue weighted by molar-refractivity contribution is 7.90. The van der Waals surface area contributed by atoms with Gasteiger partial charge in [-0.05, 0) is 50.6 Å². The van der Waals surface area contributed by atoms with E-state index in [2.05, 4.69) is 10.0 Å². The van der Waals surface area contributed by atoms with Crippen LogP contribution in [0.2, 0.25) is 0 Å². The van der Waals surface area contributed by atoms with E-state index in [0.29, 0.717) is 12.8 Å². The van der Waals surface area contributed by atoms with Crippen LogP contribution < -0.4 is 14.8 Å². The molecule has 1 saturated heterocycles. The van der Waals surface area contributed by atoms with Gasteiger partial charge in [0.25, 0.3) is 0 Å². The normalized spacial score (nSPS) is 18.7. The lowest BCUT2D eigenvalue weighted by molar-refractivity contribution is 0.414. The molecule has 6 heteroatoms. The van der Waals surface area contributed by atoms with Crippen molar-refractivity contribution in [1.82, 2.24) is 10.0 Å². The van der Waals surface area contributed by atoms with E-state index >= 15 is 0 Å². The van der Waals surface area contributed by atoms with Crippen LogP contribution >= 0.6 is 0 Å². The molecular weight excluding hydrogens is 276 g/mol. The minimum absolute atomic E-state index is 0.235. The fraction of sp³-hybridized carbons (Fsp3) is 0.571. The Morgan fingerprint density at radius 2 is 1.85 bits per heavy atom. The highest BCUT2D eigenvalue weighted by Crippen LogP contribution is 2.20. The maximum atomic E-state index is 12.3. The van der Waals surface area contributed by atoms with Gasteiger partial charge in [0, 0.05) is 6.04 Å². The summed E-state index contributed by atoms with van der Waals surface area (Å²) in [5.74, 6) is 0.766. The number of rotatable bonds is 5. The first kappa shape index (κ1) is 15.3. The van der Waals surface area contributed by atoms with E-state index in [1.165, 1.54) is 0 Å². The summed E-state index contributed by atoms with van der Waals surface area (Å²) in [7, 11) is -1.66. The number of methoxy groups -OCH3 is 1. The van der Waals surface area contributed by atoms with E-state index < -0.39 is 10.0 Å². The first-order valence-electron chi connectivity index (χ1n) is 6.89. The van der Waals surface area contributed by atoms with Crippen LogP contribution in [0, 0.1) is 0 Å². The van der Waals surface area contributed by atoms with Crippen molar-refractivity contribution >= 4 is 10.0 Å². The molecule has 0 aromatic heterocycles. The molecule has 1 aliphatic heterocycles. The van der Waals surface area contributed by atoms with E-state index in [1.807, 2.05) is 31.2 Å². The van der Waals surface area contributed by atoms with Crippen molar-refractivity contribution in [2.24, 2.45) is 0 Å². The molecule has 2 N–H and O–H groups in total. The quantitative estimate of drug-likeness (QED) is 0.863. The van der Waals surface area contributed by atoms with Crippen LogP contribution in [0.3, 0.4) is 0 Å². The zero-order valence-corrected chi connectivity index (χ0v) is 12.7. The van der Waals surface area contributed by atoms with Gasteiger partial charge in [-0.25, -0.2) is 13.1 Å². The topological polar surface area (TPSA) is 67.4 Å². The Morgan fingerprint density at radius 1 is 1.25 bits per heavy atom. The SMILES string of the molecule is COc1ccc(C(C)NS(=O)(=O)C2CCNCC2)cc1. The molecule has 1 aliphatic rings. The van der Waals surface area contributed by atoms with Crippen molar-refractivity contribution in [2.75, 3.05) is 20.2 Å². The van der Waals surface area contributed by atoms with Gasteiger partial charge >= 0.3 is 0 Å². The zero-order valence-electron chi connectivity index (χ0n) is 11.9. The molecule has 0 amide bonds. The minimum atomic E-state index is -3.27. The molecule has 2 rings (SSSR count). The van der Waals surface area contributed by atoms with Crippen LogP contribution in [-0.2, 0) is 10.0 Å². The third-order valence-corrected chi connectivity index (χ3v) is 5.71. The van der Waals surface area contributed by atoms with Gasteiger partial charge in [0.05, 0.1) is 12.4 Å². The van der Waals surface area contributed by atoms with E-state index in [9.17, 15) is 8.42 Å². The number of ether oxygens (including phenoxy) is 1. The van der Waals surface area contributed by atoms with Crippen LogP contribution in [0.15, 0.2) is 24.3 Å². The van der Waals surface area contributed by atoms with Gasteiger partial charge in [-0.1, -0.05) is 12.1 Å². The number of sulfonamides is 1. The molecule has 1 aromatic carbocycles. The van der Waals surface area contributed by atoms with Gasteiger partial charge in [-0.15, -0.1) is 0 Å². The lowest BCUT2D eigenvalue weighted by Gasteiger charge is -2.25. The van der Waals surface area contributed by atoms with Crippen molar-refractivity contribution < 1.29 is 13.2 Å². The van der Waals surface area contributed by atoms with Crippen LogP contribution in [0.1, 0.15) is 31.4 Å². The fourth-order valence-electron chi connectivity index (χ4n) is 2.41. The first-order chi connectivity index (χ1) is 9.53. The molecule has 0 aliphatic carbocycles. The maximum absolute atomic E-state index is 12.3. The number of hydrogen-bond acceptors (Lipinski definition) is 4. The molecule has 0 saturated carbocycles. The summed E-state index contributed by atoms with van der Waals surface area (Å²) in [6, 6.07) is 7.21. The minimum Gasteiger partial charge on any atom is -0.497 e. The Kier molecular flexibility index (Phi) is 5.01. The second-order valence-electron chi connectivity index (χ2n) is 5.11. The second-order valence-corrected chi connectivity index (χ2v) is 7.10. The molecule has 20 heavy (non-hydrogen) atoms. The van der Waals surface area contributed by atoms with Gasteiger partial charge in [-0.2, -0.15) is 0 Å². The van der Waals surface area contributed by atoms with Gasteiger partial charge in [0.15, 0.2) is 0 Å². The smallest absolute Gasteiger partial charge is 0.215 e. The largest absolute Gasteiger partial charge is 0.497 e. The van der Waals surface area contributed by atoms with Crippen molar-refractivity contribution in [3.8, 4) is 5.75 Å². The lowest BCUT2D eigenvalue weighted by Crippen LogP contribution is -2.42. The van der Waals surface area contributed by atoms with E-state index in [1.54, 1.807) is 7.11 Å². The monoisotopic (exact) mass is 298 g/mol. The summed E-state index contributed by atoms with van der Waals surface area (Å²) in [5.41, 5.74) is 0.934. The second kappa shape index (κ2) is 6.56. The first-order valence-corrected chi connectivity index (χ1v) is 8.43. The Morgan fingerprint density at radius 3 is 2.40 bits per heavy atom. The molecular formula is C14H22N2O3S. The molecule has 112 valence electrons. The van der Waals surface area contributed by atoms with Crippen molar-refractivity contribution in [3.63, 3.8) is 0 Å². The predicted molar refractivity (Wildman–Crippen MR) is 79.4 cm³/mol. The summed E-state index contributed by atoms with van der Waals surface area (Å²) in [6.45, 7) is 3.39. The average molecular weight is 298 g/mol. The number of piperidine rings is 1. The van der Waals surface area contributed by atoms with Gasteiger partial charge in [-0.3, -0.25) is 0 Å². The summed E-state index contributed by atoms with van der Waals surface area (Å²) in [6.07, 6.45) is 1.34. The van der Waals surface area contributed by atoms with Crippen molar-refractivity contribution in [1.29, 1.82) is 0 Å². The average Bonchev–Trinajstić information content (AvgIpc) is 2.48. The number of benzene rings is 1. The number of nitrogens with one attached hydrogen (secondary N) is 2. The molecule has 0 bridgehead atoms. The molecule has 1 unspecified atom stereocenters. The van der Waals surface area contributed by atoms with E-state index in [0.717, 1.165) is 24.4 Å². The molecule has 1 atom stereocenters. The Balaban J connectivity index is 2.03. The predicted octanol–water partition coefficient (Wildman–Crippen LogP) is 1.43. The maximum Gasteiger partial charge on any atom is 0.215 e. The molecule has 0 spiro atoms. The van der Waals surface area contributed by atoms with Crippen molar-refractivity contribution in [3.05, 3.63) is 29.8 Å². The zero-order chi connectivity index (χ0) is 14.6. The van der Waals surface area contributed by atoms with E-state index in [-0.39, 0.29) is 11.3 Å². The van der Waals surface area contributed by atoms with Crippen LogP contribution in [0.4, 0.5) is 0 Å². The summed E-state index contributed by atoms with van der Waals surface area (Å²) in [5, 5.41) is 2.89. The molecule has 0 radical (unpaired) electrons. The molecule has 1 fully saturated rings. The summed E-state index contributed by atoms with van der Waals surface area (Å²) < 4.78 is 32.5. The highest BCUT2D eigenvalue weighted by Gasteiger charge is 2.28. The van der Waals surface area contributed by atoms with Gasteiger partial charge in [0.1, 0.15) is 5.75 Å². The fourth-order valence-corrected chi connectivity index (χ4v) is 4.09. The van der Waals surface area contributed by atoms with Gasteiger partial charge < -0.3 is 10.1 Å². The molecule has 1 heterocycles. The van der Waals surface area contributed by atoms with Crippen LogP contribution in [0.25, 0.3) is 0 Å². The summed E-state index contributed by atoms with van der Waals surface area (Å²) >= 11 is 0. The Bertz CT molecular complexity index is 522. The Hall–Kier alpha value is -1.11. The lowest BCUT2D eigenvalue weighted by atomic mass is 10.1. The third kappa shape index (κ3) is 3.71. The molecule has 5 nitrogen and oxygen atoms in total. The highest BCUT2D eigenvalue weighted by atomic mass is 32.2.